The van der Waals surface area contributed by atoms with E-state index in [1.807, 2.05) is 0 Å². The highest BCUT2D eigenvalue weighted by Gasteiger charge is 2.17. The number of esters is 2. The summed E-state index contributed by atoms with van der Waals surface area (Å²) in [5.41, 5.74) is 1.03. The predicted molar refractivity (Wildman–Crippen MR) is 97.4 cm³/mol. The Labute approximate surface area is 159 Å². The number of nitrogens with one attached hydrogen (secondary N) is 1. The van der Waals surface area contributed by atoms with Gasteiger partial charge in [0.25, 0.3) is 5.91 Å². The first-order valence-electron chi connectivity index (χ1n) is 8.13. The van der Waals surface area contributed by atoms with Crippen LogP contribution >= 0.6 is 0 Å². The molecule has 0 aliphatic rings. The molecule has 2 rings (SSSR count). The Morgan fingerprint density at radius 3 is 2.32 bits per heavy atom. The van der Waals surface area contributed by atoms with Crippen molar-refractivity contribution in [3.63, 3.8) is 0 Å². The maximum absolute atomic E-state index is 13.1. The topological polar surface area (TPSA) is 81.7 Å². The summed E-state index contributed by atoms with van der Waals surface area (Å²) < 4.78 is 35.6. The summed E-state index contributed by atoms with van der Waals surface area (Å²) >= 11 is 0. The third kappa shape index (κ3) is 5.73. The molecular formula is C20H17F2NO5. The quantitative estimate of drug-likeness (QED) is 0.605. The smallest absolute Gasteiger partial charge is 0.337 e. The van der Waals surface area contributed by atoms with Gasteiger partial charge in [-0.1, -0.05) is 12.1 Å². The van der Waals surface area contributed by atoms with E-state index in [1.165, 1.54) is 38.3 Å². The molecule has 0 aliphatic carbocycles. The van der Waals surface area contributed by atoms with Gasteiger partial charge in [-0.15, -0.1) is 0 Å². The highest BCUT2D eigenvalue weighted by molar-refractivity contribution is 5.96. The normalized spacial score (nSPS) is 11.7. The van der Waals surface area contributed by atoms with Gasteiger partial charge >= 0.3 is 11.9 Å². The van der Waals surface area contributed by atoms with E-state index in [2.05, 4.69) is 10.1 Å². The average molecular weight is 389 g/mol. The molecule has 0 aromatic heterocycles. The zero-order valence-electron chi connectivity index (χ0n) is 15.1. The van der Waals surface area contributed by atoms with Crippen LogP contribution in [0, 0.1) is 11.6 Å². The maximum Gasteiger partial charge on any atom is 0.337 e. The van der Waals surface area contributed by atoms with Gasteiger partial charge in [0, 0.05) is 17.8 Å². The van der Waals surface area contributed by atoms with Crippen molar-refractivity contribution in [3.05, 3.63) is 71.3 Å². The first kappa shape index (κ1) is 20.8. The molecule has 1 amide bonds. The van der Waals surface area contributed by atoms with Gasteiger partial charge in [0.15, 0.2) is 17.7 Å². The van der Waals surface area contributed by atoms with Crippen molar-refractivity contribution in [1.29, 1.82) is 0 Å². The van der Waals surface area contributed by atoms with E-state index in [0.717, 1.165) is 18.2 Å². The Kier molecular flexibility index (Phi) is 6.97. The van der Waals surface area contributed by atoms with Crippen LogP contribution in [0.4, 0.5) is 14.5 Å². The summed E-state index contributed by atoms with van der Waals surface area (Å²) in [7, 11) is 1.27. The Balaban J connectivity index is 1.90. The molecule has 8 heteroatoms. The molecule has 0 heterocycles. The molecule has 6 nitrogen and oxygen atoms in total. The summed E-state index contributed by atoms with van der Waals surface area (Å²) in [6.45, 7) is 1.34. The molecule has 28 heavy (non-hydrogen) atoms. The van der Waals surface area contributed by atoms with Gasteiger partial charge in [0.2, 0.25) is 0 Å². The minimum absolute atomic E-state index is 0.0352. The zero-order chi connectivity index (χ0) is 20.7. The van der Waals surface area contributed by atoms with Gasteiger partial charge in [-0.25, -0.2) is 18.4 Å². The fourth-order valence-electron chi connectivity index (χ4n) is 2.10. The number of ether oxygens (including phenoxy) is 2. The summed E-state index contributed by atoms with van der Waals surface area (Å²) in [5, 5.41) is 2.32. The first-order valence-corrected chi connectivity index (χ1v) is 8.13. The Bertz CT molecular complexity index is 909. The van der Waals surface area contributed by atoms with E-state index in [-0.39, 0.29) is 5.69 Å². The Morgan fingerprint density at radius 1 is 1.04 bits per heavy atom. The highest BCUT2D eigenvalue weighted by Crippen LogP contribution is 2.14. The van der Waals surface area contributed by atoms with Crippen LogP contribution in [0.1, 0.15) is 22.8 Å². The van der Waals surface area contributed by atoms with Gasteiger partial charge in [0.1, 0.15) is 0 Å². The number of methoxy groups -OCH3 is 1. The second-order valence-corrected chi connectivity index (χ2v) is 5.64. The summed E-state index contributed by atoms with van der Waals surface area (Å²) in [6, 6.07) is 9.16. The number of anilines is 1. The number of hydrogen-bond donors (Lipinski definition) is 1. The van der Waals surface area contributed by atoms with E-state index in [4.69, 9.17) is 4.74 Å². The van der Waals surface area contributed by atoms with Gasteiger partial charge in [0.05, 0.1) is 12.7 Å². The number of benzene rings is 2. The monoisotopic (exact) mass is 389 g/mol. The van der Waals surface area contributed by atoms with E-state index in [0.29, 0.717) is 11.1 Å². The van der Waals surface area contributed by atoms with Gasteiger partial charge in [-0.3, -0.25) is 4.79 Å². The fourth-order valence-corrected chi connectivity index (χ4v) is 2.10. The number of rotatable bonds is 6. The van der Waals surface area contributed by atoms with Crippen molar-refractivity contribution < 1.29 is 32.6 Å². The predicted octanol–water partition coefficient (Wildman–Crippen LogP) is 3.34. The number of carbonyl (C=O) groups is 3. The van der Waals surface area contributed by atoms with Crippen LogP contribution < -0.4 is 5.32 Å². The third-order valence-electron chi connectivity index (χ3n) is 3.59. The Morgan fingerprint density at radius 2 is 1.71 bits per heavy atom. The standard InChI is InChI=1S/C20H17F2NO5/c1-12(19(25)23-15-8-9-16(21)17(22)11-15)28-18(24)10-5-13-3-6-14(7-4-13)20(26)27-2/h3-12H,1-2H3,(H,23,25)/b10-5+/t12-/m0/s1. The lowest BCUT2D eigenvalue weighted by molar-refractivity contribution is -0.148. The molecule has 1 atom stereocenters. The number of carbonyl (C=O) groups excluding carboxylic acids is 3. The first-order chi connectivity index (χ1) is 13.3. The molecule has 0 spiro atoms. The minimum Gasteiger partial charge on any atom is -0.465 e. The number of hydrogen-bond acceptors (Lipinski definition) is 5. The lowest BCUT2D eigenvalue weighted by Crippen LogP contribution is -2.29. The Hall–Kier alpha value is -3.55. The zero-order valence-corrected chi connectivity index (χ0v) is 15.1. The summed E-state index contributed by atoms with van der Waals surface area (Å²) in [6.07, 6.45) is 1.41. The van der Waals surface area contributed by atoms with Crippen molar-refractivity contribution >= 4 is 29.6 Å². The molecule has 0 saturated carbocycles. The fraction of sp³-hybridized carbons (Fsp3) is 0.150. The molecule has 0 saturated heterocycles. The second kappa shape index (κ2) is 9.40. The SMILES string of the molecule is COC(=O)c1ccc(/C=C/C(=O)O[C@@H](C)C(=O)Nc2ccc(F)c(F)c2)cc1. The molecule has 1 N–H and O–H groups in total. The van der Waals surface area contributed by atoms with E-state index >= 15 is 0 Å². The largest absolute Gasteiger partial charge is 0.465 e. The summed E-state index contributed by atoms with van der Waals surface area (Å²) in [4.78, 5) is 35.2. The lowest BCUT2D eigenvalue weighted by Gasteiger charge is -2.12. The van der Waals surface area contributed by atoms with Crippen molar-refractivity contribution in [1.82, 2.24) is 0 Å². The van der Waals surface area contributed by atoms with E-state index < -0.39 is 35.6 Å². The maximum atomic E-state index is 13.1. The van der Waals surface area contributed by atoms with Crippen LogP contribution in [0.3, 0.4) is 0 Å². The van der Waals surface area contributed by atoms with Crippen molar-refractivity contribution in [2.24, 2.45) is 0 Å². The van der Waals surface area contributed by atoms with Crippen molar-refractivity contribution in [2.75, 3.05) is 12.4 Å². The van der Waals surface area contributed by atoms with Crippen LogP contribution in [0.2, 0.25) is 0 Å². The lowest BCUT2D eigenvalue weighted by atomic mass is 10.1. The van der Waals surface area contributed by atoms with E-state index in [9.17, 15) is 23.2 Å². The van der Waals surface area contributed by atoms with Crippen LogP contribution in [0.25, 0.3) is 6.08 Å². The van der Waals surface area contributed by atoms with Gasteiger partial charge < -0.3 is 14.8 Å². The molecule has 2 aromatic rings. The molecule has 0 radical (unpaired) electrons. The highest BCUT2D eigenvalue weighted by atomic mass is 19.2. The molecule has 0 unspecified atom stereocenters. The minimum atomic E-state index is -1.16. The summed E-state index contributed by atoms with van der Waals surface area (Å²) in [5.74, 6) is -4.10. The number of halogens is 2. The molecule has 0 fully saturated rings. The van der Waals surface area contributed by atoms with Crippen molar-refractivity contribution in [3.8, 4) is 0 Å². The second-order valence-electron chi connectivity index (χ2n) is 5.64. The number of amides is 1. The molecule has 0 aliphatic heterocycles. The van der Waals surface area contributed by atoms with E-state index in [1.54, 1.807) is 12.1 Å². The van der Waals surface area contributed by atoms with Gasteiger partial charge in [-0.2, -0.15) is 0 Å². The molecule has 146 valence electrons. The van der Waals surface area contributed by atoms with Crippen LogP contribution in [0.5, 0.6) is 0 Å². The molecular weight excluding hydrogens is 372 g/mol. The average Bonchev–Trinajstić information content (AvgIpc) is 2.69. The van der Waals surface area contributed by atoms with Crippen LogP contribution in [0.15, 0.2) is 48.5 Å². The van der Waals surface area contributed by atoms with Crippen LogP contribution in [-0.4, -0.2) is 31.1 Å². The van der Waals surface area contributed by atoms with Crippen molar-refractivity contribution in [2.45, 2.75) is 13.0 Å². The van der Waals surface area contributed by atoms with Gasteiger partial charge in [-0.05, 0) is 42.8 Å². The third-order valence-corrected chi connectivity index (χ3v) is 3.59. The molecule has 0 bridgehead atoms. The molecule has 2 aromatic carbocycles. The van der Waals surface area contributed by atoms with Crippen LogP contribution in [-0.2, 0) is 19.1 Å².